The Kier molecular flexibility index (Phi) is 5.08. The van der Waals surface area contributed by atoms with Gasteiger partial charge in [0.2, 0.25) is 0 Å². The molecule has 1 aliphatic heterocycles. The topological polar surface area (TPSA) is 72.9 Å². The maximum absolute atomic E-state index is 12.8. The number of carbonyl (C=O) groups excluding carboxylic acids is 3. The van der Waals surface area contributed by atoms with Gasteiger partial charge in [0.1, 0.15) is 5.75 Å². The lowest BCUT2D eigenvalue weighted by atomic mass is 10.0. The van der Waals surface area contributed by atoms with Crippen LogP contribution in [0.15, 0.2) is 48.5 Å². The SMILES string of the molecule is COC(=O)[C@H]([C@@H](Br)c1ccc(OC)cc1)N1C(=O)c2ccccc2C1=O. The van der Waals surface area contributed by atoms with Crippen LogP contribution < -0.4 is 4.74 Å². The van der Waals surface area contributed by atoms with Gasteiger partial charge >= 0.3 is 5.97 Å². The molecule has 7 heteroatoms. The van der Waals surface area contributed by atoms with Crippen molar-refractivity contribution in [3.8, 4) is 5.75 Å². The van der Waals surface area contributed by atoms with Gasteiger partial charge in [-0.1, -0.05) is 40.2 Å². The van der Waals surface area contributed by atoms with E-state index in [4.69, 9.17) is 9.47 Å². The molecule has 2 atom stereocenters. The molecule has 1 aliphatic rings. The number of amides is 2. The van der Waals surface area contributed by atoms with Crippen molar-refractivity contribution in [1.82, 2.24) is 4.90 Å². The van der Waals surface area contributed by atoms with E-state index in [-0.39, 0.29) is 11.1 Å². The van der Waals surface area contributed by atoms with Gasteiger partial charge in [-0.25, -0.2) is 4.79 Å². The summed E-state index contributed by atoms with van der Waals surface area (Å²) in [5.41, 5.74) is 1.26. The number of imide groups is 1. The molecule has 0 unspecified atom stereocenters. The number of ether oxygens (including phenoxy) is 2. The van der Waals surface area contributed by atoms with Crippen molar-refractivity contribution in [1.29, 1.82) is 0 Å². The van der Waals surface area contributed by atoms with Crippen molar-refractivity contribution in [2.24, 2.45) is 0 Å². The van der Waals surface area contributed by atoms with Gasteiger partial charge < -0.3 is 9.47 Å². The molecule has 26 heavy (non-hydrogen) atoms. The second kappa shape index (κ2) is 7.29. The molecule has 0 spiro atoms. The minimum absolute atomic E-state index is 0.279. The average molecular weight is 418 g/mol. The summed E-state index contributed by atoms with van der Waals surface area (Å²) >= 11 is 3.46. The average Bonchev–Trinajstić information content (AvgIpc) is 2.93. The summed E-state index contributed by atoms with van der Waals surface area (Å²) in [6, 6.07) is 12.3. The Morgan fingerprint density at radius 2 is 1.50 bits per heavy atom. The van der Waals surface area contributed by atoms with Gasteiger partial charge in [0.05, 0.1) is 30.2 Å². The van der Waals surface area contributed by atoms with Crippen molar-refractivity contribution >= 4 is 33.7 Å². The highest BCUT2D eigenvalue weighted by atomic mass is 79.9. The molecule has 2 amide bonds. The third kappa shape index (κ3) is 2.99. The molecule has 0 aromatic heterocycles. The van der Waals surface area contributed by atoms with Gasteiger partial charge in [0.15, 0.2) is 6.04 Å². The fourth-order valence-corrected chi connectivity index (χ4v) is 3.66. The zero-order valence-electron chi connectivity index (χ0n) is 14.1. The third-order valence-corrected chi connectivity index (χ3v) is 5.29. The van der Waals surface area contributed by atoms with E-state index in [9.17, 15) is 14.4 Å². The molecule has 2 aromatic carbocycles. The molecule has 6 nitrogen and oxygen atoms in total. The van der Waals surface area contributed by atoms with Crippen LogP contribution in [0.4, 0.5) is 0 Å². The molecular formula is C19H16BrNO5. The Morgan fingerprint density at radius 1 is 0.962 bits per heavy atom. The number of esters is 1. The monoisotopic (exact) mass is 417 g/mol. The first-order chi connectivity index (χ1) is 12.5. The summed E-state index contributed by atoms with van der Waals surface area (Å²) in [6.07, 6.45) is 0. The van der Waals surface area contributed by atoms with E-state index in [0.29, 0.717) is 11.3 Å². The molecule has 0 N–H and O–H groups in total. The Balaban J connectivity index is 2.00. The van der Waals surface area contributed by atoms with Crippen LogP contribution in [0.5, 0.6) is 5.75 Å². The number of methoxy groups -OCH3 is 2. The number of nitrogens with zero attached hydrogens (tertiary/aromatic N) is 1. The largest absolute Gasteiger partial charge is 0.497 e. The van der Waals surface area contributed by atoms with Crippen LogP contribution in [0.3, 0.4) is 0 Å². The van der Waals surface area contributed by atoms with Crippen molar-refractivity contribution in [2.45, 2.75) is 10.9 Å². The summed E-state index contributed by atoms with van der Waals surface area (Å²) < 4.78 is 10.00. The minimum atomic E-state index is -1.14. The number of fused-ring (bicyclic) bond motifs is 1. The maximum atomic E-state index is 12.8. The number of benzene rings is 2. The fourth-order valence-electron chi connectivity index (χ4n) is 2.91. The van der Waals surface area contributed by atoms with Crippen LogP contribution >= 0.6 is 15.9 Å². The summed E-state index contributed by atoms with van der Waals surface area (Å²) in [7, 11) is 2.78. The molecule has 2 aromatic rings. The highest BCUT2D eigenvalue weighted by molar-refractivity contribution is 9.09. The minimum Gasteiger partial charge on any atom is -0.497 e. The number of hydrogen-bond acceptors (Lipinski definition) is 5. The van der Waals surface area contributed by atoms with Crippen molar-refractivity contribution in [2.75, 3.05) is 14.2 Å². The highest BCUT2D eigenvalue weighted by Gasteiger charge is 2.46. The summed E-state index contributed by atoms with van der Waals surface area (Å²) in [5, 5.41) is 0. The quantitative estimate of drug-likeness (QED) is 0.424. The maximum Gasteiger partial charge on any atom is 0.330 e. The lowest BCUT2D eigenvalue weighted by Gasteiger charge is -2.28. The molecular weight excluding hydrogens is 402 g/mol. The van der Waals surface area contributed by atoms with Crippen molar-refractivity contribution < 1.29 is 23.9 Å². The van der Waals surface area contributed by atoms with Crippen LogP contribution in [0.2, 0.25) is 0 Å². The highest BCUT2D eigenvalue weighted by Crippen LogP contribution is 2.35. The Bertz CT molecular complexity index is 829. The Labute approximate surface area is 158 Å². The van der Waals surface area contributed by atoms with Gasteiger partial charge in [0, 0.05) is 0 Å². The Morgan fingerprint density at radius 3 is 1.96 bits per heavy atom. The lowest BCUT2D eigenvalue weighted by Crippen LogP contribution is -2.47. The van der Waals surface area contributed by atoms with E-state index >= 15 is 0 Å². The molecule has 0 saturated heterocycles. The first-order valence-electron chi connectivity index (χ1n) is 7.82. The normalized spacial score (nSPS) is 15.4. The van der Waals surface area contributed by atoms with E-state index < -0.39 is 28.7 Å². The number of hydrogen-bond donors (Lipinski definition) is 0. The third-order valence-electron chi connectivity index (χ3n) is 4.26. The van der Waals surface area contributed by atoms with Crippen molar-refractivity contribution in [3.63, 3.8) is 0 Å². The van der Waals surface area contributed by atoms with Gasteiger partial charge in [-0.3, -0.25) is 14.5 Å². The first kappa shape index (κ1) is 18.1. The Hall–Kier alpha value is -2.67. The summed E-state index contributed by atoms with van der Waals surface area (Å²) in [6.45, 7) is 0. The molecule has 1 heterocycles. The van der Waals surface area contributed by atoms with E-state index in [1.807, 2.05) is 0 Å². The van der Waals surface area contributed by atoms with Gasteiger partial charge in [0.25, 0.3) is 11.8 Å². The predicted octanol–water partition coefficient (Wildman–Crippen LogP) is 2.97. The van der Waals surface area contributed by atoms with Gasteiger partial charge in [-0.15, -0.1) is 0 Å². The second-order valence-electron chi connectivity index (χ2n) is 5.67. The second-order valence-corrected chi connectivity index (χ2v) is 6.66. The number of carbonyl (C=O) groups is 3. The first-order valence-corrected chi connectivity index (χ1v) is 8.74. The predicted molar refractivity (Wildman–Crippen MR) is 97.4 cm³/mol. The van der Waals surface area contributed by atoms with Crippen molar-refractivity contribution in [3.05, 3.63) is 65.2 Å². The van der Waals surface area contributed by atoms with E-state index in [2.05, 4.69) is 15.9 Å². The van der Waals surface area contributed by atoms with Crippen LogP contribution in [0.25, 0.3) is 0 Å². The number of halogens is 1. The molecule has 0 radical (unpaired) electrons. The van der Waals surface area contributed by atoms with E-state index in [1.165, 1.54) is 7.11 Å². The number of alkyl halides is 1. The lowest BCUT2D eigenvalue weighted by molar-refractivity contribution is -0.145. The molecule has 0 aliphatic carbocycles. The smallest absolute Gasteiger partial charge is 0.330 e. The summed E-state index contributed by atoms with van der Waals surface area (Å²) in [4.78, 5) is 38.3. The summed E-state index contributed by atoms with van der Waals surface area (Å²) in [5.74, 6) is -1.06. The van der Waals surface area contributed by atoms with Crippen LogP contribution in [0.1, 0.15) is 31.1 Å². The van der Waals surface area contributed by atoms with Crippen LogP contribution in [-0.4, -0.2) is 42.9 Å². The van der Waals surface area contributed by atoms with E-state index in [1.54, 1.807) is 55.6 Å². The fraction of sp³-hybridized carbons (Fsp3) is 0.211. The molecule has 0 saturated carbocycles. The zero-order chi connectivity index (χ0) is 18.8. The number of rotatable bonds is 5. The zero-order valence-corrected chi connectivity index (χ0v) is 15.7. The molecule has 0 bridgehead atoms. The molecule has 134 valence electrons. The van der Waals surface area contributed by atoms with Gasteiger partial charge in [-0.05, 0) is 29.8 Å². The van der Waals surface area contributed by atoms with Crippen LogP contribution in [-0.2, 0) is 9.53 Å². The standard InChI is InChI=1S/C19H16BrNO5/c1-25-12-9-7-11(8-10-12)15(20)16(19(24)26-2)21-17(22)13-5-3-4-6-14(13)18(21)23/h3-10,15-16H,1-2H3/t15-,16-/m0/s1. The molecule has 0 fully saturated rings. The van der Waals surface area contributed by atoms with Gasteiger partial charge in [-0.2, -0.15) is 0 Å². The van der Waals surface area contributed by atoms with Crippen LogP contribution in [0, 0.1) is 0 Å². The molecule has 3 rings (SSSR count). The van der Waals surface area contributed by atoms with E-state index in [0.717, 1.165) is 4.90 Å².